The number of esters is 1. The lowest BCUT2D eigenvalue weighted by Crippen LogP contribution is -2.32. The molecule has 2 heterocycles. The van der Waals surface area contributed by atoms with E-state index >= 15 is 0 Å². The Balaban J connectivity index is 1.52. The normalized spacial score (nSPS) is 17.7. The first kappa shape index (κ1) is 20.5. The van der Waals surface area contributed by atoms with Crippen LogP contribution in [0.5, 0.6) is 5.75 Å². The Labute approximate surface area is 179 Å². The number of benzene rings is 2. The van der Waals surface area contributed by atoms with Crippen molar-refractivity contribution in [3.05, 3.63) is 77.7 Å². The molecule has 0 aromatic heterocycles. The summed E-state index contributed by atoms with van der Waals surface area (Å²) in [7, 11) is 1.60. The van der Waals surface area contributed by atoms with Crippen LogP contribution >= 0.6 is 0 Å². The van der Waals surface area contributed by atoms with Crippen molar-refractivity contribution >= 4 is 17.6 Å². The molecule has 0 saturated carbocycles. The topological polar surface area (TPSA) is 86.7 Å². The number of carbonyl (C=O) groups is 2. The van der Waals surface area contributed by atoms with Crippen LogP contribution in [0, 0.1) is 0 Å². The van der Waals surface area contributed by atoms with Crippen LogP contribution in [0.3, 0.4) is 0 Å². The summed E-state index contributed by atoms with van der Waals surface area (Å²) < 4.78 is 20.6. The van der Waals surface area contributed by atoms with Crippen molar-refractivity contribution in [3.8, 4) is 5.75 Å². The number of carbonyl (C=O) groups excluding carboxylic acids is 2. The largest absolute Gasteiger partial charge is 0.497 e. The highest BCUT2D eigenvalue weighted by Gasteiger charge is 2.34. The van der Waals surface area contributed by atoms with Gasteiger partial charge in [-0.1, -0.05) is 42.5 Å². The number of hydrazone groups is 1. The molecule has 0 radical (unpaired) electrons. The summed E-state index contributed by atoms with van der Waals surface area (Å²) in [5.74, 6) is -0.515. The molecule has 2 aromatic carbocycles. The predicted octanol–water partition coefficient (Wildman–Crippen LogP) is 2.80. The predicted molar refractivity (Wildman–Crippen MR) is 111 cm³/mol. The second kappa shape index (κ2) is 9.34. The van der Waals surface area contributed by atoms with E-state index in [0.29, 0.717) is 13.0 Å². The fourth-order valence-corrected chi connectivity index (χ4v) is 3.37. The van der Waals surface area contributed by atoms with E-state index < -0.39 is 18.5 Å². The van der Waals surface area contributed by atoms with Gasteiger partial charge < -0.3 is 18.9 Å². The van der Waals surface area contributed by atoms with Crippen LogP contribution in [0.2, 0.25) is 0 Å². The van der Waals surface area contributed by atoms with Gasteiger partial charge in [-0.3, -0.25) is 4.79 Å². The number of hydrogen-bond donors (Lipinski definition) is 0. The van der Waals surface area contributed by atoms with Crippen LogP contribution in [-0.2, 0) is 23.8 Å². The van der Waals surface area contributed by atoms with E-state index in [1.54, 1.807) is 7.11 Å². The van der Waals surface area contributed by atoms with Gasteiger partial charge in [-0.2, -0.15) is 5.10 Å². The van der Waals surface area contributed by atoms with Crippen LogP contribution in [0.1, 0.15) is 23.6 Å². The van der Waals surface area contributed by atoms with Gasteiger partial charge in [-0.05, 0) is 23.3 Å². The molecular weight excluding hydrogens is 400 g/mol. The van der Waals surface area contributed by atoms with Gasteiger partial charge in [0.1, 0.15) is 25.2 Å². The molecule has 0 aliphatic carbocycles. The second-order valence-electron chi connectivity index (χ2n) is 6.92. The minimum atomic E-state index is -0.750. The van der Waals surface area contributed by atoms with Crippen LogP contribution in [0.4, 0.5) is 0 Å². The van der Waals surface area contributed by atoms with Crippen molar-refractivity contribution in [3.63, 3.8) is 0 Å². The molecule has 0 N–H and O–H groups in total. The van der Waals surface area contributed by atoms with E-state index in [9.17, 15) is 9.59 Å². The van der Waals surface area contributed by atoms with Crippen LogP contribution in [0.25, 0.3) is 0 Å². The average Bonchev–Trinajstić information content (AvgIpc) is 3.29. The minimum absolute atomic E-state index is 0.0550. The van der Waals surface area contributed by atoms with E-state index in [0.717, 1.165) is 22.6 Å². The second-order valence-corrected chi connectivity index (χ2v) is 6.92. The van der Waals surface area contributed by atoms with Crippen molar-refractivity contribution in [1.29, 1.82) is 0 Å². The molecule has 0 saturated heterocycles. The van der Waals surface area contributed by atoms with E-state index in [1.807, 2.05) is 54.6 Å². The number of rotatable bonds is 6. The molecule has 0 bridgehead atoms. The zero-order valence-corrected chi connectivity index (χ0v) is 17.0. The maximum absolute atomic E-state index is 12.9. The summed E-state index contributed by atoms with van der Waals surface area (Å²) in [5.41, 5.74) is 2.63. The van der Waals surface area contributed by atoms with Gasteiger partial charge in [0.2, 0.25) is 5.76 Å². The highest BCUT2D eigenvalue weighted by atomic mass is 16.6. The average molecular weight is 422 g/mol. The Hall–Kier alpha value is -3.81. The third kappa shape index (κ3) is 4.69. The maximum atomic E-state index is 12.9. The molecule has 0 fully saturated rings. The van der Waals surface area contributed by atoms with Gasteiger partial charge in [0.05, 0.1) is 18.9 Å². The van der Waals surface area contributed by atoms with E-state index in [2.05, 4.69) is 5.10 Å². The maximum Gasteiger partial charge on any atom is 0.377 e. The monoisotopic (exact) mass is 422 g/mol. The first-order valence-corrected chi connectivity index (χ1v) is 9.86. The standard InChI is InChI=1S/C23H22N2O6/c1-28-18-9-7-17(8-10-18)20-13-19(16-5-3-2-4-6-16)24-25(20)22(26)15-31-23(27)21-14-29-11-12-30-21/h2-10,14,20H,11-13,15H2,1H3/t20-/m0/s1. The lowest BCUT2D eigenvalue weighted by Gasteiger charge is -2.22. The smallest absolute Gasteiger partial charge is 0.377 e. The highest BCUT2D eigenvalue weighted by Crippen LogP contribution is 2.33. The molecule has 0 spiro atoms. The number of hydrogen-bond acceptors (Lipinski definition) is 7. The molecule has 1 atom stereocenters. The van der Waals surface area contributed by atoms with Crippen molar-refractivity contribution in [2.75, 3.05) is 26.9 Å². The summed E-state index contributed by atoms with van der Waals surface area (Å²) in [5, 5.41) is 5.94. The van der Waals surface area contributed by atoms with Gasteiger partial charge in [0.15, 0.2) is 6.61 Å². The highest BCUT2D eigenvalue weighted by molar-refractivity contribution is 6.03. The zero-order chi connectivity index (χ0) is 21.6. The summed E-state index contributed by atoms with van der Waals surface area (Å²) in [6, 6.07) is 16.8. The Morgan fingerprint density at radius 1 is 1.10 bits per heavy atom. The Morgan fingerprint density at radius 3 is 2.55 bits per heavy atom. The third-order valence-electron chi connectivity index (χ3n) is 4.95. The number of amides is 1. The minimum Gasteiger partial charge on any atom is -0.497 e. The molecule has 2 aromatic rings. The van der Waals surface area contributed by atoms with Crippen LogP contribution < -0.4 is 4.74 Å². The Morgan fingerprint density at radius 2 is 1.87 bits per heavy atom. The Bertz CT molecular complexity index is 1000. The molecule has 0 unspecified atom stereocenters. The summed E-state index contributed by atoms with van der Waals surface area (Å²) in [6.45, 7) is 0.160. The summed E-state index contributed by atoms with van der Waals surface area (Å²) >= 11 is 0. The SMILES string of the molecule is COc1ccc([C@@H]2CC(c3ccccc3)=NN2C(=O)COC(=O)C2=COCCO2)cc1. The lowest BCUT2D eigenvalue weighted by molar-refractivity contribution is -0.153. The van der Waals surface area contributed by atoms with Crippen molar-refractivity contribution < 1.29 is 28.5 Å². The van der Waals surface area contributed by atoms with Crippen molar-refractivity contribution in [2.45, 2.75) is 12.5 Å². The van der Waals surface area contributed by atoms with Gasteiger partial charge >= 0.3 is 5.97 Å². The first-order chi connectivity index (χ1) is 15.2. The molecule has 8 heteroatoms. The van der Waals surface area contributed by atoms with Gasteiger partial charge in [0, 0.05) is 6.42 Å². The molecule has 1 amide bonds. The Kier molecular flexibility index (Phi) is 6.16. The zero-order valence-electron chi connectivity index (χ0n) is 17.0. The fraction of sp³-hybridized carbons (Fsp3) is 0.261. The number of ether oxygens (including phenoxy) is 4. The van der Waals surface area contributed by atoms with Crippen molar-refractivity contribution in [2.24, 2.45) is 5.10 Å². The fourth-order valence-electron chi connectivity index (χ4n) is 3.37. The molecule has 2 aliphatic heterocycles. The quantitative estimate of drug-likeness (QED) is 0.666. The van der Waals surface area contributed by atoms with Crippen LogP contribution in [0.15, 0.2) is 71.7 Å². The summed E-state index contributed by atoms with van der Waals surface area (Å²) in [6.07, 6.45) is 1.73. The number of nitrogens with zero attached hydrogens (tertiary/aromatic N) is 2. The lowest BCUT2D eigenvalue weighted by atomic mass is 9.98. The van der Waals surface area contributed by atoms with Gasteiger partial charge in [-0.25, -0.2) is 9.80 Å². The molecule has 160 valence electrons. The molecule has 2 aliphatic rings. The molecular formula is C23H22N2O6. The van der Waals surface area contributed by atoms with E-state index in [1.165, 1.54) is 11.3 Å². The van der Waals surface area contributed by atoms with E-state index in [4.69, 9.17) is 18.9 Å². The van der Waals surface area contributed by atoms with Crippen molar-refractivity contribution in [1.82, 2.24) is 5.01 Å². The number of methoxy groups -OCH3 is 1. The summed E-state index contributed by atoms with van der Waals surface area (Å²) in [4.78, 5) is 25.1. The molecule has 4 rings (SSSR count). The van der Waals surface area contributed by atoms with Gasteiger partial charge in [0.25, 0.3) is 5.91 Å². The van der Waals surface area contributed by atoms with E-state index in [-0.39, 0.29) is 18.4 Å². The first-order valence-electron chi connectivity index (χ1n) is 9.86. The van der Waals surface area contributed by atoms with Gasteiger partial charge in [-0.15, -0.1) is 0 Å². The molecule has 31 heavy (non-hydrogen) atoms. The third-order valence-corrected chi connectivity index (χ3v) is 4.95. The van der Waals surface area contributed by atoms with Crippen LogP contribution in [-0.4, -0.2) is 49.5 Å². The molecule has 8 nitrogen and oxygen atoms in total.